The van der Waals surface area contributed by atoms with Crippen molar-refractivity contribution in [3.63, 3.8) is 0 Å². The molecule has 0 aromatic carbocycles. The monoisotopic (exact) mass is 335 g/mol. The number of ether oxygens (including phenoxy) is 1. The van der Waals surface area contributed by atoms with E-state index in [2.05, 4.69) is 22.2 Å². The molecule has 2 aliphatic heterocycles. The fraction of sp³-hybridized carbons (Fsp3) is 0.765. The Bertz CT molecular complexity index is 580. The summed E-state index contributed by atoms with van der Waals surface area (Å²) in [4.78, 5) is 16.8. The average Bonchev–Trinajstić information content (AvgIpc) is 3.16. The largest absolute Gasteiger partial charge is 0.379 e. The molecule has 0 bridgehead atoms. The van der Waals surface area contributed by atoms with Crippen LogP contribution < -0.4 is 5.32 Å². The molecule has 24 heavy (non-hydrogen) atoms. The third-order valence-corrected chi connectivity index (χ3v) is 5.32. The van der Waals surface area contributed by atoms with Crippen molar-refractivity contribution in [3.8, 4) is 0 Å². The van der Waals surface area contributed by atoms with E-state index < -0.39 is 0 Å². The minimum absolute atomic E-state index is 0.0601. The van der Waals surface area contributed by atoms with Crippen molar-refractivity contribution in [3.05, 3.63) is 17.0 Å². The van der Waals surface area contributed by atoms with E-state index >= 15 is 0 Å². The lowest BCUT2D eigenvalue weighted by Gasteiger charge is -2.32. The summed E-state index contributed by atoms with van der Waals surface area (Å²) in [5.41, 5.74) is 3.47. The molecule has 2 amide bonds. The molecular weight excluding hydrogens is 306 g/mol. The molecule has 3 rings (SSSR count). The number of aryl methyl sites for hydroxylation is 2. The first-order chi connectivity index (χ1) is 11.6. The van der Waals surface area contributed by atoms with Crippen LogP contribution in [-0.4, -0.2) is 77.6 Å². The van der Waals surface area contributed by atoms with Gasteiger partial charge < -0.3 is 15.0 Å². The first kappa shape index (κ1) is 17.2. The zero-order valence-electron chi connectivity index (χ0n) is 15.0. The van der Waals surface area contributed by atoms with Crippen LogP contribution in [0.2, 0.25) is 0 Å². The van der Waals surface area contributed by atoms with Crippen molar-refractivity contribution in [2.45, 2.75) is 32.7 Å². The van der Waals surface area contributed by atoms with Crippen molar-refractivity contribution in [1.82, 2.24) is 24.9 Å². The number of urea groups is 1. The molecule has 1 aromatic rings. The lowest BCUT2D eigenvalue weighted by Crippen LogP contribution is -2.46. The minimum atomic E-state index is 0.0601. The summed E-state index contributed by atoms with van der Waals surface area (Å²) in [6, 6.07) is 0.549. The maximum absolute atomic E-state index is 12.4. The van der Waals surface area contributed by atoms with Crippen LogP contribution in [-0.2, 0) is 18.2 Å². The van der Waals surface area contributed by atoms with Gasteiger partial charge in [0, 0.05) is 51.5 Å². The molecule has 7 heteroatoms. The molecule has 1 aromatic heterocycles. The Labute approximate surface area is 143 Å². The van der Waals surface area contributed by atoms with Crippen LogP contribution in [0, 0.1) is 13.8 Å². The molecule has 3 heterocycles. The molecule has 2 aliphatic rings. The van der Waals surface area contributed by atoms with Crippen LogP contribution in [0.15, 0.2) is 0 Å². The SMILES string of the molecule is Cc1nn(C)c(C)c1CCNC(=O)N1CCC(N2CCOCC2)C1. The number of hydrogen-bond donors (Lipinski definition) is 1. The van der Waals surface area contributed by atoms with Gasteiger partial charge in [0.15, 0.2) is 0 Å². The Hall–Kier alpha value is -1.60. The van der Waals surface area contributed by atoms with Crippen LogP contribution in [0.3, 0.4) is 0 Å². The molecular formula is C17H29N5O2. The normalized spacial score (nSPS) is 22.1. The van der Waals surface area contributed by atoms with E-state index in [9.17, 15) is 4.79 Å². The van der Waals surface area contributed by atoms with E-state index in [4.69, 9.17) is 4.74 Å². The Kier molecular flexibility index (Phi) is 5.40. The number of aromatic nitrogens is 2. The van der Waals surface area contributed by atoms with Crippen molar-refractivity contribution in [2.75, 3.05) is 45.9 Å². The summed E-state index contributed by atoms with van der Waals surface area (Å²) in [5.74, 6) is 0. The van der Waals surface area contributed by atoms with Crippen molar-refractivity contribution in [2.24, 2.45) is 7.05 Å². The summed E-state index contributed by atoms with van der Waals surface area (Å²) in [6.07, 6.45) is 1.90. The molecule has 2 saturated heterocycles. The van der Waals surface area contributed by atoms with Gasteiger partial charge in [-0.3, -0.25) is 9.58 Å². The van der Waals surface area contributed by atoms with Crippen molar-refractivity contribution >= 4 is 6.03 Å². The number of nitrogens with zero attached hydrogens (tertiary/aromatic N) is 4. The number of carbonyl (C=O) groups excluding carboxylic acids is 1. The number of hydrogen-bond acceptors (Lipinski definition) is 4. The molecule has 7 nitrogen and oxygen atoms in total. The highest BCUT2D eigenvalue weighted by atomic mass is 16.5. The van der Waals surface area contributed by atoms with Crippen molar-refractivity contribution < 1.29 is 9.53 Å². The molecule has 0 saturated carbocycles. The minimum Gasteiger partial charge on any atom is -0.379 e. The van der Waals surface area contributed by atoms with Gasteiger partial charge in [-0.1, -0.05) is 0 Å². The number of morpholine rings is 1. The molecule has 1 N–H and O–H groups in total. The predicted octanol–water partition coefficient (Wildman–Crippen LogP) is 0.696. The van der Waals surface area contributed by atoms with Gasteiger partial charge in [0.2, 0.25) is 0 Å². The van der Waals surface area contributed by atoms with Gasteiger partial charge in [0.25, 0.3) is 0 Å². The number of carbonyl (C=O) groups is 1. The topological polar surface area (TPSA) is 62.6 Å². The smallest absolute Gasteiger partial charge is 0.317 e. The quantitative estimate of drug-likeness (QED) is 0.880. The van der Waals surface area contributed by atoms with Gasteiger partial charge in [-0.15, -0.1) is 0 Å². The fourth-order valence-corrected chi connectivity index (χ4v) is 3.75. The van der Waals surface area contributed by atoms with E-state index in [1.54, 1.807) is 0 Å². The highest BCUT2D eigenvalue weighted by Gasteiger charge is 2.30. The average molecular weight is 335 g/mol. The Morgan fingerprint density at radius 1 is 1.29 bits per heavy atom. The summed E-state index contributed by atoms with van der Waals surface area (Å²) in [6.45, 7) is 10.0. The second-order valence-electron chi connectivity index (χ2n) is 6.79. The molecule has 1 unspecified atom stereocenters. The van der Waals surface area contributed by atoms with E-state index in [1.807, 2.05) is 23.6 Å². The number of likely N-dealkylation sites (tertiary alicyclic amines) is 1. The van der Waals surface area contributed by atoms with Gasteiger partial charge in [-0.05, 0) is 32.3 Å². The van der Waals surface area contributed by atoms with Gasteiger partial charge in [-0.25, -0.2) is 4.79 Å². The van der Waals surface area contributed by atoms with Crippen molar-refractivity contribution in [1.29, 1.82) is 0 Å². The molecule has 134 valence electrons. The van der Waals surface area contributed by atoms with Crippen LogP contribution in [0.4, 0.5) is 4.79 Å². The zero-order chi connectivity index (χ0) is 17.1. The van der Waals surface area contributed by atoms with E-state index in [0.29, 0.717) is 12.6 Å². The number of amides is 2. The fourth-order valence-electron chi connectivity index (χ4n) is 3.75. The Morgan fingerprint density at radius 3 is 2.71 bits per heavy atom. The van der Waals surface area contributed by atoms with Crippen LogP contribution in [0.25, 0.3) is 0 Å². The summed E-state index contributed by atoms with van der Waals surface area (Å²) in [5, 5.41) is 7.49. The van der Waals surface area contributed by atoms with E-state index in [0.717, 1.165) is 57.9 Å². The van der Waals surface area contributed by atoms with Gasteiger partial charge in [0.05, 0.1) is 18.9 Å². The van der Waals surface area contributed by atoms with Crippen LogP contribution in [0.1, 0.15) is 23.4 Å². The molecule has 2 fully saturated rings. The van der Waals surface area contributed by atoms with E-state index in [1.165, 1.54) is 11.3 Å². The summed E-state index contributed by atoms with van der Waals surface area (Å²) < 4.78 is 7.31. The first-order valence-corrected chi connectivity index (χ1v) is 8.90. The standard InChI is InChI=1S/C17H29N5O2/c1-13-16(14(2)20(3)19-13)4-6-18-17(23)22-7-5-15(12-22)21-8-10-24-11-9-21/h15H,4-12H2,1-3H3,(H,18,23). The highest BCUT2D eigenvalue weighted by Crippen LogP contribution is 2.17. The Morgan fingerprint density at radius 2 is 2.04 bits per heavy atom. The van der Waals surface area contributed by atoms with Gasteiger partial charge in [-0.2, -0.15) is 5.10 Å². The molecule has 0 radical (unpaired) electrons. The lowest BCUT2D eigenvalue weighted by atomic mass is 10.1. The maximum Gasteiger partial charge on any atom is 0.317 e. The number of rotatable bonds is 4. The molecule has 0 spiro atoms. The third-order valence-electron chi connectivity index (χ3n) is 5.32. The summed E-state index contributed by atoms with van der Waals surface area (Å²) in [7, 11) is 1.96. The number of nitrogens with one attached hydrogen (secondary N) is 1. The second-order valence-corrected chi connectivity index (χ2v) is 6.79. The third kappa shape index (κ3) is 3.72. The van der Waals surface area contributed by atoms with Gasteiger partial charge >= 0.3 is 6.03 Å². The van der Waals surface area contributed by atoms with Crippen LogP contribution in [0.5, 0.6) is 0 Å². The predicted molar refractivity (Wildman–Crippen MR) is 92.2 cm³/mol. The van der Waals surface area contributed by atoms with E-state index in [-0.39, 0.29) is 6.03 Å². The first-order valence-electron chi connectivity index (χ1n) is 8.90. The zero-order valence-corrected chi connectivity index (χ0v) is 15.0. The molecule has 0 aliphatic carbocycles. The summed E-state index contributed by atoms with van der Waals surface area (Å²) >= 11 is 0. The van der Waals surface area contributed by atoms with Gasteiger partial charge in [0.1, 0.15) is 0 Å². The molecule has 1 atom stereocenters. The lowest BCUT2D eigenvalue weighted by molar-refractivity contribution is 0.0191. The maximum atomic E-state index is 12.4. The van der Waals surface area contributed by atoms with Crippen LogP contribution >= 0.6 is 0 Å². The highest BCUT2D eigenvalue weighted by molar-refractivity contribution is 5.74. The second kappa shape index (κ2) is 7.53. The Balaban J connectivity index is 1.44.